The van der Waals surface area contributed by atoms with Crippen molar-refractivity contribution < 1.29 is 18.1 Å². The average Bonchev–Trinajstić information content (AvgIpc) is 2.74. The van der Waals surface area contributed by atoms with Gasteiger partial charge in [-0.05, 0) is 42.5 Å². The number of rotatable bonds is 5. The van der Waals surface area contributed by atoms with Gasteiger partial charge in [-0.15, -0.1) is 0 Å². The predicted molar refractivity (Wildman–Crippen MR) is 108 cm³/mol. The van der Waals surface area contributed by atoms with Gasteiger partial charge >= 0.3 is 0 Å². The minimum Gasteiger partial charge on any atom is -0.379 e. The van der Waals surface area contributed by atoms with Crippen LogP contribution in [-0.2, 0) is 21.2 Å². The lowest BCUT2D eigenvalue weighted by atomic mass is 9.87. The van der Waals surface area contributed by atoms with Gasteiger partial charge in [0.15, 0.2) is 0 Å². The molecule has 2 aromatic carbocycles. The molecule has 9 heteroatoms. The van der Waals surface area contributed by atoms with E-state index in [-0.39, 0.29) is 29.7 Å². The number of nitro benzene ring substituents is 1. The summed E-state index contributed by atoms with van der Waals surface area (Å²) in [5, 5.41) is 15.0. The van der Waals surface area contributed by atoms with Crippen molar-refractivity contribution in [2.75, 3.05) is 31.6 Å². The highest BCUT2D eigenvalue weighted by atomic mass is 32.2. The fourth-order valence-corrected chi connectivity index (χ4v) is 5.40. The van der Waals surface area contributed by atoms with E-state index in [9.17, 15) is 18.5 Å². The second kappa shape index (κ2) is 8.10. The first-order valence-electron chi connectivity index (χ1n) is 9.67. The third-order valence-corrected chi connectivity index (χ3v) is 7.37. The van der Waals surface area contributed by atoms with Crippen molar-refractivity contribution >= 4 is 21.4 Å². The minimum atomic E-state index is -3.80. The van der Waals surface area contributed by atoms with Gasteiger partial charge in [-0.25, -0.2) is 8.42 Å². The molecule has 1 N–H and O–H groups in total. The molecule has 1 aliphatic heterocycles. The molecule has 1 saturated heterocycles. The fraction of sp³-hybridized carbons (Fsp3) is 0.400. The number of nitro groups is 1. The Balaban J connectivity index is 1.65. The SMILES string of the molecule is O=[N+]([O-])c1cc(S(=O)(=O)N2CCOCC2)ccc1N[C@H]1CCCc2ccccc21. The number of hydrogen-bond acceptors (Lipinski definition) is 6. The van der Waals surface area contributed by atoms with Crippen LogP contribution in [0.4, 0.5) is 11.4 Å². The number of hydrogen-bond donors (Lipinski definition) is 1. The number of morpholine rings is 1. The van der Waals surface area contributed by atoms with Crippen LogP contribution in [0.1, 0.15) is 30.0 Å². The Bertz CT molecular complexity index is 1020. The molecule has 1 aliphatic carbocycles. The molecule has 0 radical (unpaired) electrons. The maximum Gasteiger partial charge on any atom is 0.293 e. The Labute approximate surface area is 169 Å². The zero-order chi connectivity index (χ0) is 20.4. The molecular formula is C20H23N3O5S. The van der Waals surface area contributed by atoms with Gasteiger partial charge in [0.05, 0.1) is 29.1 Å². The van der Waals surface area contributed by atoms with Gasteiger partial charge in [0.1, 0.15) is 5.69 Å². The van der Waals surface area contributed by atoms with Gasteiger partial charge in [-0.2, -0.15) is 4.31 Å². The van der Waals surface area contributed by atoms with E-state index in [0.29, 0.717) is 18.9 Å². The topological polar surface area (TPSA) is 102 Å². The second-order valence-electron chi connectivity index (χ2n) is 7.24. The third-order valence-electron chi connectivity index (χ3n) is 5.47. The highest BCUT2D eigenvalue weighted by molar-refractivity contribution is 7.89. The van der Waals surface area contributed by atoms with Crippen LogP contribution in [0.3, 0.4) is 0 Å². The van der Waals surface area contributed by atoms with E-state index in [4.69, 9.17) is 4.74 Å². The summed E-state index contributed by atoms with van der Waals surface area (Å²) in [5.41, 5.74) is 2.48. The monoisotopic (exact) mass is 417 g/mol. The molecule has 29 heavy (non-hydrogen) atoms. The highest BCUT2D eigenvalue weighted by Gasteiger charge is 2.30. The number of fused-ring (bicyclic) bond motifs is 1. The van der Waals surface area contributed by atoms with Crippen molar-refractivity contribution in [3.63, 3.8) is 0 Å². The molecule has 8 nitrogen and oxygen atoms in total. The van der Waals surface area contributed by atoms with E-state index in [0.717, 1.165) is 30.9 Å². The number of nitrogens with zero attached hydrogens (tertiary/aromatic N) is 2. The van der Waals surface area contributed by atoms with Crippen LogP contribution in [0.2, 0.25) is 0 Å². The first kappa shape index (κ1) is 19.8. The fourth-order valence-electron chi connectivity index (χ4n) is 3.97. The van der Waals surface area contributed by atoms with Crippen molar-refractivity contribution in [2.45, 2.75) is 30.2 Å². The smallest absolute Gasteiger partial charge is 0.293 e. The molecule has 2 aliphatic rings. The Morgan fingerprint density at radius 2 is 1.90 bits per heavy atom. The molecule has 4 rings (SSSR count). The quantitative estimate of drug-likeness (QED) is 0.592. The zero-order valence-electron chi connectivity index (χ0n) is 15.9. The number of nitrogens with one attached hydrogen (secondary N) is 1. The molecule has 1 atom stereocenters. The van der Waals surface area contributed by atoms with Gasteiger partial charge in [0.2, 0.25) is 10.0 Å². The molecule has 154 valence electrons. The average molecular weight is 417 g/mol. The Morgan fingerprint density at radius 1 is 1.14 bits per heavy atom. The largest absolute Gasteiger partial charge is 0.379 e. The second-order valence-corrected chi connectivity index (χ2v) is 9.18. The van der Waals surface area contributed by atoms with E-state index in [1.54, 1.807) is 0 Å². The number of aryl methyl sites for hydroxylation is 1. The molecule has 1 fully saturated rings. The summed E-state index contributed by atoms with van der Waals surface area (Å²) in [6.07, 6.45) is 2.85. The van der Waals surface area contributed by atoms with Crippen LogP contribution >= 0.6 is 0 Å². The van der Waals surface area contributed by atoms with Crippen LogP contribution in [0.5, 0.6) is 0 Å². The number of benzene rings is 2. The van der Waals surface area contributed by atoms with Gasteiger partial charge in [0, 0.05) is 19.2 Å². The van der Waals surface area contributed by atoms with E-state index >= 15 is 0 Å². The van der Waals surface area contributed by atoms with Gasteiger partial charge in [-0.1, -0.05) is 24.3 Å². The van der Waals surface area contributed by atoms with Crippen LogP contribution in [0.15, 0.2) is 47.4 Å². The first-order chi connectivity index (χ1) is 14.0. The van der Waals surface area contributed by atoms with E-state index in [2.05, 4.69) is 11.4 Å². The van der Waals surface area contributed by atoms with Crippen LogP contribution in [0.25, 0.3) is 0 Å². The molecule has 1 heterocycles. The summed E-state index contributed by atoms with van der Waals surface area (Å²) in [5.74, 6) is 0. The molecule has 0 unspecified atom stereocenters. The maximum absolute atomic E-state index is 12.9. The van der Waals surface area contributed by atoms with Crippen LogP contribution in [0, 0.1) is 10.1 Å². The number of ether oxygens (including phenoxy) is 1. The molecular weight excluding hydrogens is 394 g/mol. The number of sulfonamides is 1. The van der Waals surface area contributed by atoms with Crippen LogP contribution < -0.4 is 5.32 Å². The third kappa shape index (κ3) is 3.98. The van der Waals surface area contributed by atoms with Crippen molar-refractivity contribution in [3.8, 4) is 0 Å². The molecule has 0 amide bonds. The Morgan fingerprint density at radius 3 is 2.66 bits per heavy atom. The Hall–Kier alpha value is -2.49. The minimum absolute atomic E-state index is 0.0413. The first-order valence-corrected chi connectivity index (χ1v) is 11.1. The van der Waals surface area contributed by atoms with Gasteiger partial charge < -0.3 is 10.1 Å². The lowest BCUT2D eigenvalue weighted by Gasteiger charge is -2.28. The van der Waals surface area contributed by atoms with E-state index < -0.39 is 14.9 Å². The van der Waals surface area contributed by atoms with E-state index in [1.165, 1.54) is 22.0 Å². The highest BCUT2D eigenvalue weighted by Crippen LogP contribution is 2.36. The molecule has 0 bridgehead atoms. The standard InChI is InChI=1S/C20H23N3O5S/c24-23(25)20-14-16(29(26,27)22-10-12-28-13-11-22)8-9-19(20)21-18-7-3-5-15-4-1-2-6-17(15)18/h1-2,4,6,8-9,14,18,21H,3,5,7,10-13H2/t18-/m0/s1. The summed E-state index contributed by atoms with van der Waals surface area (Å²) in [7, 11) is -3.80. The van der Waals surface area contributed by atoms with Crippen molar-refractivity contribution in [1.82, 2.24) is 4.31 Å². The summed E-state index contributed by atoms with van der Waals surface area (Å²) < 4.78 is 32.2. The lowest BCUT2D eigenvalue weighted by molar-refractivity contribution is -0.384. The van der Waals surface area contributed by atoms with Crippen molar-refractivity contribution in [2.24, 2.45) is 0 Å². The molecule has 2 aromatic rings. The van der Waals surface area contributed by atoms with Crippen molar-refractivity contribution in [3.05, 3.63) is 63.7 Å². The van der Waals surface area contributed by atoms with Crippen LogP contribution in [-0.4, -0.2) is 43.9 Å². The van der Waals surface area contributed by atoms with Crippen molar-refractivity contribution in [1.29, 1.82) is 0 Å². The summed E-state index contributed by atoms with van der Waals surface area (Å²) in [6.45, 7) is 1.13. The molecule has 0 spiro atoms. The summed E-state index contributed by atoms with van der Waals surface area (Å²) >= 11 is 0. The lowest BCUT2D eigenvalue weighted by Crippen LogP contribution is -2.40. The van der Waals surface area contributed by atoms with E-state index in [1.807, 2.05) is 18.2 Å². The maximum atomic E-state index is 12.9. The predicted octanol–water partition coefficient (Wildman–Crippen LogP) is 3.11. The summed E-state index contributed by atoms with van der Waals surface area (Å²) in [4.78, 5) is 11.1. The Kier molecular flexibility index (Phi) is 5.53. The summed E-state index contributed by atoms with van der Waals surface area (Å²) in [6, 6.07) is 12.1. The zero-order valence-corrected chi connectivity index (χ0v) is 16.7. The number of anilines is 1. The molecule has 0 saturated carbocycles. The van der Waals surface area contributed by atoms with Gasteiger partial charge in [0.25, 0.3) is 5.69 Å². The van der Waals surface area contributed by atoms with Gasteiger partial charge in [-0.3, -0.25) is 10.1 Å². The normalized spacial score (nSPS) is 20.1. The molecule has 0 aromatic heterocycles.